The molecule has 0 aromatic carbocycles. The quantitative estimate of drug-likeness (QED) is 0.905. The molecule has 1 aromatic rings. The van der Waals surface area contributed by atoms with Crippen LogP contribution < -0.4 is 5.73 Å². The molecule has 102 valence electrons. The lowest BCUT2D eigenvalue weighted by Gasteiger charge is -2.40. The van der Waals surface area contributed by atoms with Crippen molar-refractivity contribution in [3.05, 3.63) is 16.1 Å². The van der Waals surface area contributed by atoms with Gasteiger partial charge in [0.1, 0.15) is 0 Å². The lowest BCUT2D eigenvalue weighted by Crippen LogP contribution is -2.51. The van der Waals surface area contributed by atoms with Crippen molar-refractivity contribution in [3.63, 3.8) is 0 Å². The van der Waals surface area contributed by atoms with Gasteiger partial charge in [0.05, 0.1) is 10.7 Å². The van der Waals surface area contributed by atoms with Crippen molar-refractivity contribution < 1.29 is 4.74 Å². The smallest absolute Gasteiger partial charge is 0.0897 e. The molecule has 1 aliphatic rings. The predicted octanol–water partition coefficient (Wildman–Crippen LogP) is 1.78. The number of aromatic nitrogens is 1. The summed E-state index contributed by atoms with van der Waals surface area (Å²) in [5.41, 5.74) is 7.28. The number of nitrogens with two attached hydrogens (primary N) is 1. The molecule has 2 rings (SSSR count). The lowest BCUT2D eigenvalue weighted by atomic mass is 9.89. The summed E-state index contributed by atoms with van der Waals surface area (Å²) in [6.07, 6.45) is 3.23. The molecule has 18 heavy (non-hydrogen) atoms. The van der Waals surface area contributed by atoms with E-state index in [2.05, 4.69) is 22.3 Å². The molecule has 0 radical (unpaired) electrons. The maximum absolute atomic E-state index is 6.05. The van der Waals surface area contributed by atoms with Gasteiger partial charge in [0.25, 0.3) is 0 Å². The molecule has 1 saturated heterocycles. The van der Waals surface area contributed by atoms with E-state index < -0.39 is 0 Å². The van der Waals surface area contributed by atoms with Gasteiger partial charge in [-0.15, -0.1) is 11.3 Å². The van der Waals surface area contributed by atoms with Crippen LogP contribution in [0, 0.1) is 6.92 Å². The Kier molecular flexibility index (Phi) is 4.72. The Balaban J connectivity index is 2.06. The Morgan fingerprint density at radius 1 is 1.50 bits per heavy atom. The Hall–Kier alpha value is -0.490. The minimum absolute atomic E-state index is 0.0774. The molecule has 1 aliphatic heterocycles. The SMILES string of the molecule is Cc1nc(CN(C)C2(CN)CCCOCC2)cs1. The van der Waals surface area contributed by atoms with Crippen molar-refractivity contribution in [2.75, 3.05) is 26.8 Å². The molecular formula is C13H23N3OS. The van der Waals surface area contributed by atoms with Crippen LogP contribution in [0.4, 0.5) is 0 Å². The van der Waals surface area contributed by atoms with Crippen molar-refractivity contribution in [2.24, 2.45) is 5.73 Å². The third-order valence-corrected chi connectivity index (χ3v) is 4.72. The first kappa shape index (κ1) is 13.9. The standard InChI is InChI=1S/C13H23N3OS/c1-11-15-12(9-18-11)8-16(2)13(10-14)4-3-6-17-7-5-13/h9H,3-8,10,14H2,1-2H3. The van der Waals surface area contributed by atoms with E-state index in [-0.39, 0.29) is 5.54 Å². The van der Waals surface area contributed by atoms with Gasteiger partial charge in [0.2, 0.25) is 0 Å². The molecule has 1 atom stereocenters. The first-order valence-corrected chi connectivity index (χ1v) is 7.44. The lowest BCUT2D eigenvalue weighted by molar-refractivity contribution is 0.0827. The number of aryl methyl sites for hydroxylation is 1. The fraction of sp³-hybridized carbons (Fsp3) is 0.769. The highest BCUT2D eigenvalue weighted by Gasteiger charge is 2.34. The molecule has 2 N–H and O–H groups in total. The van der Waals surface area contributed by atoms with Gasteiger partial charge in [-0.1, -0.05) is 0 Å². The van der Waals surface area contributed by atoms with Gasteiger partial charge >= 0.3 is 0 Å². The van der Waals surface area contributed by atoms with Crippen LogP contribution >= 0.6 is 11.3 Å². The summed E-state index contributed by atoms with van der Waals surface area (Å²) in [6, 6.07) is 0. The maximum Gasteiger partial charge on any atom is 0.0897 e. The third-order valence-electron chi connectivity index (χ3n) is 3.90. The van der Waals surface area contributed by atoms with E-state index in [4.69, 9.17) is 10.5 Å². The predicted molar refractivity (Wildman–Crippen MR) is 74.8 cm³/mol. The van der Waals surface area contributed by atoms with Crippen LogP contribution in [0.3, 0.4) is 0 Å². The van der Waals surface area contributed by atoms with E-state index in [0.29, 0.717) is 6.54 Å². The van der Waals surface area contributed by atoms with Gasteiger partial charge in [0.15, 0.2) is 0 Å². The Bertz CT molecular complexity index is 372. The minimum Gasteiger partial charge on any atom is -0.381 e. The normalized spacial score (nSPS) is 25.3. The fourth-order valence-electron chi connectivity index (χ4n) is 2.63. The molecule has 0 spiro atoms. The number of hydrogen-bond acceptors (Lipinski definition) is 5. The number of hydrogen-bond donors (Lipinski definition) is 1. The molecule has 0 amide bonds. The van der Waals surface area contributed by atoms with Gasteiger partial charge in [0, 0.05) is 37.2 Å². The van der Waals surface area contributed by atoms with Crippen LogP contribution in [0.5, 0.6) is 0 Å². The number of nitrogens with zero attached hydrogens (tertiary/aromatic N) is 2. The summed E-state index contributed by atoms with van der Waals surface area (Å²) < 4.78 is 5.56. The summed E-state index contributed by atoms with van der Waals surface area (Å²) in [5, 5.41) is 3.27. The molecular weight excluding hydrogens is 246 g/mol. The van der Waals surface area contributed by atoms with Gasteiger partial charge in [-0.05, 0) is 33.2 Å². The van der Waals surface area contributed by atoms with Gasteiger partial charge < -0.3 is 10.5 Å². The molecule has 2 heterocycles. The summed E-state index contributed by atoms with van der Waals surface area (Å²) in [7, 11) is 2.16. The maximum atomic E-state index is 6.05. The zero-order valence-corrected chi connectivity index (χ0v) is 12.1. The average molecular weight is 269 g/mol. The topological polar surface area (TPSA) is 51.4 Å². The molecule has 1 fully saturated rings. The average Bonchev–Trinajstić information content (AvgIpc) is 2.65. The van der Waals surface area contributed by atoms with E-state index in [1.165, 1.54) is 0 Å². The highest BCUT2D eigenvalue weighted by molar-refractivity contribution is 7.09. The van der Waals surface area contributed by atoms with Crippen molar-refractivity contribution >= 4 is 11.3 Å². The number of thiazole rings is 1. The van der Waals surface area contributed by atoms with E-state index in [1.807, 2.05) is 6.92 Å². The summed E-state index contributed by atoms with van der Waals surface area (Å²) in [5.74, 6) is 0. The molecule has 0 aliphatic carbocycles. The first-order valence-electron chi connectivity index (χ1n) is 6.56. The monoisotopic (exact) mass is 269 g/mol. The summed E-state index contributed by atoms with van der Waals surface area (Å²) in [4.78, 5) is 6.91. The summed E-state index contributed by atoms with van der Waals surface area (Å²) >= 11 is 1.71. The van der Waals surface area contributed by atoms with Crippen LogP contribution in [-0.2, 0) is 11.3 Å². The van der Waals surface area contributed by atoms with E-state index in [1.54, 1.807) is 11.3 Å². The van der Waals surface area contributed by atoms with Crippen LogP contribution in [0.1, 0.15) is 30.0 Å². The first-order chi connectivity index (χ1) is 8.66. The zero-order valence-electron chi connectivity index (χ0n) is 11.3. The van der Waals surface area contributed by atoms with E-state index in [0.717, 1.165) is 49.7 Å². The highest BCUT2D eigenvalue weighted by atomic mass is 32.1. The molecule has 1 unspecified atom stereocenters. The van der Waals surface area contributed by atoms with Crippen molar-refractivity contribution in [1.82, 2.24) is 9.88 Å². The van der Waals surface area contributed by atoms with E-state index in [9.17, 15) is 0 Å². The second-order valence-electron chi connectivity index (χ2n) is 5.11. The summed E-state index contributed by atoms with van der Waals surface area (Å²) in [6.45, 7) is 5.30. The van der Waals surface area contributed by atoms with Gasteiger partial charge in [-0.2, -0.15) is 0 Å². The van der Waals surface area contributed by atoms with Crippen molar-refractivity contribution in [1.29, 1.82) is 0 Å². The second-order valence-corrected chi connectivity index (χ2v) is 6.17. The number of likely N-dealkylation sites (N-methyl/N-ethyl adjacent to an activating group) is 1. The van der Waals surface area contributed by atoms with Gasteiger partial charge in [-0.3, -0.25) is 4.90 Å². The highest BCUT2D eigenvalue weighted by Crippen LogP contribution is 2.27. The van der Waals surface area contributed by atoms with Gasteiger partial charge in [-0.25, -0.2) is 4.98 Å². The molecule has 5 heteroatoms. The molecule has 4 nitrogen and oxygen atoms in total. The van der Waals surface area contributed by atoms with Crippen LogP contribution in [0.25, 0.3) is 0 Å². The molecule has 0 bridgehead atoms. The van der Waals surface area contributed by atoms with Crippen molar-refractivity contribution in [3.8, 4) is 0 Å². The fourth-order valence-corrected chi connectivity index (χ4v) is 3.23. The Morgan fingerprint density at radius 2 is 2.33 bits per heavy atom. The van der Waals surface area contributed by atoms with E-state index >= 15 is 0 Å². The van der Waals surface area contributed by atoms with Crippen LogP contribution in [0.2, 0.25) is 0 Å². The second kappa shape index (κ2) is 6.10. The minimum atomic E-state index is 0.0774. The number of rotatable bonds is 4. The van der Waals surface area contributed by atoms with Crippen LogP contribution in [-0.4, -0.2) is 42.2 Å². The molecule has 1 aromatic heterocycles. The zero-order chi connectivity index (χ0) is 13.0. The largest absolute Gasteiger partial charge is 0.381 e. The Labute approximate surface area is 113 Å². The number of ether oxygens (including phenoxy) is 1. The molecule has 0 saturated carbocycles. The third kappa shape index (κ3) is 3.09. The Morgan fingerprint density at radius 3 is 3.00 bits per heavy atom. The van der Waals surface area contributed by atoms with Crippen molar-refractivity contribution in [2.45, 2.75) is 38.3 Å². The van der Waals surface area contributed by atoms with Crippen LogP contribution in [0.15, 0.2) is 5.38 Å².